The van der Waals surface area contributed by atoms with Crippen molar-refractivity contribution in [1.82, 2.24) is 0 Å². The van der Waals surface area contributed by atoms with Gasteiger partial charge in [0.25, 0.3) is 0 Å². The smallest absolute Gasteiger partial charge is 0.304 e. The molecule has 100 valence electrons. The number of carbonyl (C=O) groups is 1. The Labute approximate surface area is 116 Å². The molecule has 2 N–H and O–H groups in total. The van der Waals surface area contributed by atoms with Crippen LogP contribution in [0.3, 0.4) is 0 Å². The molecule has 0 aliphatic heterocycles. The van der Waals surface area contributed by atoms with Crippen LogP contribution in [0.25, 0.3) is 0 Å². The normalized spacial score (nSPS) is 11.7. The first-order chi connectivity index (χ1) is 8.09. The summed E-state index contributed by atoms with van der Waals surface area (Å²) in [5.41, 5.74) is 3.18. The van der Waals surface area contributed by atoms with Crippen LogP contribution < -0.4 is 0 Å². The van der Waals surface area contributed by atoms with Gasteiger partial charge in [0.1, 0.15) is 5.75 Å². The zero-order valence-corrected chi connectivity index (χ0v) is 13.0. The van der Waals surface area contributed by atoms with Gasteiger partial charge in [0.05, 0.1) is 10.9 Å². The first-order valence-electron chi connectivity index (χ1n) is 5.80. The molecule has 1 aromatic rings. The molecule has 0 atom stereocenters. The van der Waals surface area contributed by atoms with Gasteiger partial charge < -0.3 is 10.2 Å². The third kappa shape index (κ3) is 2.53. The number of halogens is 1. The van der Waals surface area contributed by atoms with Gasteiger partial charge in [0, 0.05) is 5.41 Å². The summed E-state index contributed by atoms with van der Waals surface area (Å²) in [7, 11) is 0. The lowest BCUT2D eigenvalue weighted by molar-refractivity contribution is -0.138. The average molecular weight is 315 g/mol. The quantitative estimate of drug-likeness (QED) is 0.891. The van der Waals surface area contributed by atoms with Gasteiger partial charge in [-0.15, -0.1) is 0 Å². The number of hydrogen-bond acceptors (Lipinski definition) is 2. The van der Waals surface area contributed by atoms with Crippen LogP contribution in [0.2, 0.25) is 0 Å². The molecule has 0 amide bonds. The molecule has 1 rings (SSSR count). The summed E-state index contributed by atoms with van der Waals surface area (Å²) >= 11 is 3.38. The fourth-order valence-electron chi connectivity index (χ4n) is 2.58. The van der Waals surface area contributed by atoms with E-state index < -0.39 is 11.4 Å². The van der Waals surface area contributed by atoms with Crippen LogP contribution in [0.15, 0.2) is 4.47 Å². The SMILES string of the molecule is Cc1c(C)c(C(C)(C)CC(=O)O)c(C)c(Br)c1O. The van der Waals surface area contributed by atoms with E-state index in [0.717, 1.165) is 22.3 Å². The Morgan fingerprint density at radius 2 is 1.67 bits per heavy atom. The lowest BCUT2D eigenvalue weighted by Gasteiger charge is -2.29. The molecule has 0 fully saturated rings. The van der Waals surface area contributed by atoms with E-state index in [4.69, 9.17) is 5.11 Å². The summed E-state index contributed by atoms with van der Waals surface area (Å²) in [6, 6.07) is 0. The molecule has 0 radical (unpaired) electrons. The van der Waals surface area contributed by atoms with Gasteiger partial charge in [0.2, 0.25) is 0 Å². The Morgan fingerprint density at radius 1 is 1.17 bits per heavy atom. The summed E-state index contributed by atoms with van der Waals surface area (Å²) in [4.78, 5) is 11.0. The molecule has 0 heterocycles. The molecule has 0 spiro atoms. The van der Waals surface area contributed by atoms with E-state index in [1.807, 2.05) is 34.6 Å². The molecule has 0 aromatic heterocycles. The van der Waals surface area contributed by atoms with Gasteiger partial charge in [-0.2, -0.15) is 0 Å². The van der Waals surface area contributed by atoms with Crippen molar-refractivity contribution in [2.24, 2.45) is 0 Å². The highest BCUT2D eigenvalue weighted by Crippen LogP contribution is 2.42. The summed E-state index contributed by atoms with van der Waals surface area (Å²) in [6.07, 6.45) is 0.0608. The van der Waals surface area contributed by atoms with E-state index in [0.29, 0.717) is 4.47 Å². The van der Waals surface area contributed by atoms with Crippen molar-refractivity contribution >= 4 is 21.9 Å². The number of aliphatic carboxylic acids is 1. The van der Waals surface area contributed by atoms with Crippen molar-refractivity contribution < 1.29 is 15.0 Å². The van der Waals surface area contributed by atoms with Gasteiger partial charge in [0.15, 0.2) is 0 Å². The van der Waals surface area contributed by atoms with E-state index >= 15 is 0 Å². The number of aromatic hydroxyl groups is 1. The Balaban J connectivity index is 3.55. The average Bonchev–Trinajstić information content (AvgIpc) is 2.21. The van der Waals surface area contributed by atoms with Gasteiger partial charge in [-0.05, 0) is 59.0 Å². The van der Waals surface area contributed by atoms with E-state index in [1.54, 1.807) is 0 Å². The third-order valence-electron chi connectivity index (χ3n) is 3.47. The maximum Gasteiger partial charge on any atom is 0.304 e. The minimum atomic E-state index is -0.819. The van der Waals surface area contributed by atoms with E-state index in [-0.39, 0.29) is 12.2 Å². The summed E-state index contributed by atoms with van der Waals surface area (Å²) in [5.74, 6) is -0.583. The predicted molar refractivity (Wildman–Crippen MR) is 75.3 cm³/mol. The zero-order valence-electron chi connectivity index (χ0n) is 11.4. The molecule has 0 saturated heterocycles. The molecule has 0 aliphatic carbocycles. The summed E-state index contributed by atoms with van der Waals surface area (Å²) in [6.45, 7) is 9.50. The number of hydrogen-bond donors (Lipinski definition) is 2. The number of carboxylic acids is 1. The Morgan fingerprint density at radius 3 is 2.11 bits per heavy atom. The van der Waals surface area contributed by atoms with Crippen LogP contribution >= 0.6 is 15.9 Å². The fraction of sp³-hybridized carbons (Fsp3) is 0.500. The summed E-state index contributed by atoms with van der Waals surface area (Å²) < 4.78 is 0.652. The number of benzene rings is 1. The minimum Gasteiger partial charge on any atom is -0.506 e. The highest BCUT2D eigenvalue weighted by molar-refractivity contribution is 9.10. The number of carboxylic acid groups (broad SMARTS) is 1. The number of rotatable bonds is 3. The predicted octanol–water partition coefficient (Wildman–Crippen LogP) is 3.83. The fourth-order valence-corrected chi connectivity index (χ4v) is 3.08. The van der Waals surface area contributed by atoms with E-state index in [1.165, 1.54) is 0 Å². The van der Waals surface area contributed by atoms with Crippen LogP contribution in [0.4, 0.5) is 0 Å². The molecular formula is C14H19BrO3. The van der Waals surface area contributed by atoms with Crippen molar-refractivity contribution in [1.29, 1.82) is 0 Å². The van der Waals surface area contributed by atoms with Crippen molar-refractivity contribution in [2.45, 2.75) is 46.5 Å². The summed E-state index contributed by atoms with van der Waals surface area (Å²) in [5, 5.41) is 19.0. The molecule has 0 aliphatic rings. The molecule has 0 unspecified atom stereocenters. The molecule has 0 bridgehead atoms. The molecule has 1 aromatic carbocycles. The topological polar surface area (TPSA) is 57.5 Å². The van der Waals surface area contributed by atoms with Gasteiger partial charge in [-0.3, -0.25) is 4.79 Å². The van der Waals surface area contributed by atoms with Crippen molar-refractivity contribution in [2.75, 3.05) is 0 Å². The third-order valence-corrected chi connectivity index (χ3v) is 4.45. The maximum atomic E-state index is 11.0. The monoisotopic (exact) mass is 314 g/mol. The Kier molecular flexibility index (Phi) is 4.11. The van der Waals surface area contributed by atoms with Crippen LogP contribution in [-0.2, 0) is 10.2 Å². The Bertz CT molecular complexity index is 475. The zero-order chi connectivity index (χ0) is 14.2. The van der Waals surface area contributed by atoms with Crippen LogP contribution in [0.5, 0.6) is 5.75 Å². The van der Waals surface area contributed by atoms with Gasteiger partial charge in [-0.25, -0.2) is 0 Å². The van der Waals surface area contributed by atoms with Crippen molar-refractivity contribution in [3.05, 3.63) is 26.7 Å². The second-order valence-electron chi connectivity index (χ2n) is 5.37. The van der Waals surface area contributed by atoms with Crippen LogP contribution in [-0.4, -0.2) is 16.2 Å². The van der Waals surface area contributed by atoms with E-state index in [2.05, 4.69) is 15.9 Å². The largest absolute Gasteiger partial charge is 0.506 e. The molecular weight excluding hydrogens is 296 g/mol. The lowest BCUT2D eigenvalue weighted by Crippen LogP contribution is -2.24. The van der Waals surface area contributed by atoms with Gasteiger partial charge in [-0.1, -0.05) is 13.8 Å². The highest BCUT2D eigenvalue weighted by Gasteiger charge is 2.30. The second kappa shape index (κ2) is 4.92. The molecule has 3 nitrogen and oxygen atoms in total. The van der Waals surface area contributed by atoms with Crippen molar-refractivity contribution in [3.8, 4) is 5.75 Å². The van der Waals surface area contributed by atoms with Crippen LogP contribution in [0.1, 0.15) is 42.5 Å². The first kappa shape index (κ1) is 15.0. The number of phenolic OH excluding ortho intramolecular Hbond substituents is 1. The molecule has 4 heteroatoms. The van der Waals surface area contributed by atoms with Gasteiger partial charge >= 0.3 is 5.97 Å². The first-order valence-corrected chi connectivity index (χ1v) is 6.59. The molecule has 18 heavy (non-hydrogen) atoms. The molecule has 0 saturated carbocycles. The Hall–Kier alpha value is -1.03. The standard InChI is InChI=1S/C14H19BrO3/c1-7-8(2)13(18)12(15)9(3)11(7)14(4,5)6-10(16)17/h18H,6H2,1-5H3,(H,16,17). The van der Waals surface area contributed by atoms with Crippen LogP contribution in [0, 0.1) is 20.8 Å². The lowest BCUT2D eigenvalue weighted by atomic mass is 9.76. The van der Waals surface area contributed by atoms with E-state index in [9.17, 15) is 9.90 Å². The maximum absolute atomic E-state index is 11.0. The second-order valence-corrected chi connectivity index (χ2v) is 6.16. The number of phenols is 1. The minimum absolute atomic E-state index is 0.0608. The highest BCUT2D eigenvalue weighted by atomic mass is 79.9. The van der Waals surface area contributed by atoms with Crippen molar-refractivity contribution in [3.63, 3.8) is 0 Å².